The number of rotatable bonds is 8. The van der Waals surface area contributed by atoms with Gasteiger partial charge < -0.3 is 14.7 Å². The molecule has 0 aromatic carbocycles. The van der Waals surface area contributed by atoms with E-state index in [1.54, 1.807) is 22.7 Å². The van der Waals surface area contributed by atoms with E-state index in [0.717, 1.165) is 5.75 Å². The SMILES string of the molecule is C=CCOCCCC(=O)N1CCSCC1CC(=O)O. The van der Waals surface area contributed by atoms with Crippen LogP contribution in [0.2, 0.25) is 0 Å². The maximum Gasteiger partial charge on any atom is 0.305 e. The topological polar surface area (TPSA) is 66.8 Å². The molecule has 0 aromatic heterocycles. The summed E-state index contributed by atoms with van der Waals surface area (Å²) < 4.78 is 5.22. The molecule has 1 saturated heterocycles. The zero-order valence-corrected chi connectivity index (χ0v) is 11.9. The van der Waals surface area contributed by atoms with E-state index in [0.29, 0.717) is 38.4 Å². The standard InChI is InChI=1S/C13H21NO4S/c1-2-6-18-7-3-4-12(15)14-5-8-19-10-11(14)9-13(16)17/h2,11H,1,3-10H2,(H,16,17). The van der Waals surface area contributed by atoms with Gasteiger partial charge in [0.2, 0.25) is 5.91 Å². The van der Waals surface area contributed by atoms with Crippen LogP contribution in [0.25, 0.3) is 0 Å². The maximum absolute atomic E-state index is 12.1. The number of carboxylic acid groups (broad SMARTS) is 1. The number of hydrogen-bond acceptors (Lipinski definition) is 4. The lowest BCUT2D eigenvalue weighted by atomic mass is 10.1. The van der Waals surface area contributed by atoms with E-state index in [9.17, 15) is 9.59 Å². The van der Waals surface area contributed by atoms with Gasteiger partial charge >= 0.3 is 5.97 Å². The third-order valence-electron chi connectivity index (χ3n) is 2.87. The largest absolute Gasteiger partial charge is 0.481 e. The molecule has 1 atom stereocenters. The molecule has 1 fully saturated rings. The third-order valence-corrected chi connectivity index (χ3v) is 3.96. The van der Waals surface area contributed by atoms with Gasteiger partial charge in [-0.25, -0.2) is 0 Å². The van der Waals surface area contributed by atoms with Gasteiger partial charge in [-0.05, 0) is 6.42 Å². The molecule has 5 nitrogen and oxygen atoms in total. The van der Waals surface area contributed by atoms with Gasteiger partial charge in [-0.1, -0.05) is 6.08 Å². The minimum atomic E-state index is -0.848. The molecule has 1 amide bonds. The smallest absolute Gasteiger partial charge is 0.305 e. The molecule has 0 spiro atoms. The Morgan fingerprint density at radius 3 is 3.00 bits per heavy atom. The Bertz CT molecular complexity index is 322. The summed E-state index contributed by atoms with van der Waals surface area (Å²) in [5.74, 6) is 0.785. The summed E-state index contributed by atoms with van der Waals surface area (Å²) in [6, 6.07) is -0.169. The van der Waals surface area contributed by atoms with Crippen molar-refractivity contribution in [2.45, 2.75) is 25.3 Å². The molecule has 19 heavy (non-hydrogen) atoms. The average molecular weight is 287 g/mol. The van der Waals surface area contributed by atoms with Gasteiger partial charge in [0.25, 0.3) is 0 Å². The van der Waals surface area contributed by atoms with Crippen LogP contribution in [-0.4, -0.2) is 59.2 Å². The molecule has 1 unspecified atom stereocenters. The summed E-state index contributed by atoms with van der Waals surface area (Å²) in [4.78, 5) is 24.6. The van der Waals surface area contributed by atoms with Gasteiger partial charge in [0.05, 0.1) is 19.1 Å². The van der Waals surface area contributed by atoms with Crippen LogP contribution >= 0.6 is 11.8 Å². The molecular weight excluding hydrogens is 266 g/mol. The van der Waals surface area contributed by atoms with E-state index in [-0.39, 0.29) is 18.4 Å². The number of carbonyl (C=O) groups is 2. The lowest BCUT2D eigenvalue weighted by Crippen LogP contribution is -2.47. The number of aliphatic carboxylic acids is 1. The summed E-state index contributed by atoms with van der Waals surface area (Å²) in [5, 5.41) is 8.86. The van der Waals surface area contributed by atoms with E-state index in [1.165, 1.54) is 0 Å². The van der Waals surface area contributed by atoms with Gasteiger partial charge in [-0.15, -0.1) is 6.58 Å². The summed E-state index contributed by atoms with van der Waals surface area (Å²) in [7, 11) is 0. The predicted octanol–water partition coefficient (Wildman–Crippen LogP) is 1.39. The first kappa shape index (κ1) is 16.0. The van der Waals surface area contributed by atoms with Crippen LogP contribution in [0, 0.1) is 0 Å². The van der Waals surface area contributed by atoms with Crippen LogP contribution in [0.5, 0.6) is 0 Å². The van der Waals surface area contributed by atoms with Gasteiger partial charge in [0, 0.05) is 31.1 Å². The maximum atomic E-state index is 12.1. The molecule has 1 heterocycles. The molecule has 0 aromatic rings. The minimum absolute atomic E-state index is 0.0334. The van der Waals surface area contributed by atoms with Crippen LogP contribution in [0.4, 0.5) is 0 Å². The Morgan fingerprint density at radius 2 is 2.32 bits per heavy atom. The summed E-state index contributed by atoms with van der Waals surface area (Å²) >= 11 is 1.71. The van der Waals surface area contributed by atoms with E-state index < -0.39 is 5.97 Å². The summed E-state index contributed by atoms with van der Waals surface area (Å²) in [6.45, 7) is 5.22. The fraction of sp³-hybridized carbons (Fsp3) is 0.692. The first-order valence-electron chi connectivity index (χ1n) is 6.42. The normalized spacial score (nSPS) is 19.2. The number of thioether (sulfide) groups is 1. The number of carbonyl (C=O) groups excluding carboxylic acids is 1. The highest BCUT2D eigenvalue weighted by Gasteiger charge is 2.28. The van der Waals surface area contributed by atoms with Crippen molar-refractivity contribution < 1.29 is 19.4 Å². The highest BCUT2D eigenvalue weighted by molar-refractivity contribution is 7.99. The Morgan fingerprint density at radius 1 is 1.53 bits per heavy atom. The zero-order chi connectivity index (χ0) is 14.1. The molecule has 108 valence electrons. The number of carboxylic acids is 1. The van der Waals surface area contributed by atoms with E-state index in [4.69, 9.17) is 9.84 Å². The molecule has 1 N–H and O–H groups in total. The van der Waals surface area contributed by atoms with Crippen molar-refractivity contribution in [3.63, 3.8) is 0 Å². The Labute approximate surface area is 118 Å². The second-order valence-electron chi connectivity index (χ2n) is 4.38. The monoisotopic (exact) mass is 287 g/mol. The van der Waals surface area contributed by atoms with Gasteiger partial charge in [-0.3, -0.25) is 9.59 Å². The Kier molecular flexibility index (Phi) is 7.59. The van der Waals surface area contributed by atoms with Crippen molar-refractivity contribution in [2.24, 2.45) is 0 Å². The number of amides is 1. The number of nitrogens with zero attached hydrogens (tertiary/aromatic N) is 1. The van der Waals surface area contributed by atoms with Crippen LogP contribution < -0.4 is 0 Å². The van der Waals surface area contributed by atoms with E-state index in [1.807, 2.05) is 0 Å². The van der Waals surface area contributed by atoms with E-state index in [2.05, 4.69) is 6.58 Å². The first-order chi connectivity index (χ1) is 9.15. The molecular formula is C13H21NO4S. The van der Waals surface area contributed by atoms with Crippen LogP contribution in [0.3, 0.4) is 0 Å². The van der Waals surface area contributed by atoms with Gasteiger partial charge in [-0.2, -0.15) is 11.8 Å². The van der Waals surface area contributed by atoms with Gasteiger partial charge in [0.1, 0.15) is 0 Å². The molecule has 1 aliphatic heterocycles. The number of hydrogen-bond donors (Lipinski definition) is 1. The van der Waals surface area contributed by atoms with Crippen molar-refractivity contribution in [3.05, 3.63) is 12.7 Å². The molecule has 0 saturated carbocycles. The second-order valence-corrected chi connectivity index (χ2v) is 5.53. The fourth-order valence-electron chi connectivity index (χ4n) is 1.99. The quantitative estimate of drug-likeness (QED) is 0.540. The lowest BCUT2D eigenvalue weighted by molar-refractivity contribution is -0.140. The summed E-state index contributed by atoms with van der Waals surface area (Å²) in [6.07, 6.45) is 2.78. The molecule has 0 bridgehead atoms. The van der Waals surface area contributed by atoms with Crippen molar-refractivity contribution >= 4 is 23.6 Å². The van der Waals surface area contributed by atoms with Crippen molar-refractivity contribution in [1.82, 2.24) is 4.90 Å². The molecule has 0 aliphatic carbocycles. The van der Waals surface area contributed by atoms with Crippen molar-refractivity contribution in [3.8, 4) is 0 Å². The fourth-order valence-corrected chi connectivity index (χ4v) is 3.05. The van der Waals surface area contributed by atoms with Gasteiger partial charge in [0.15, 0.2) is 0 Å². The highest BCUT2D eigenvalue weighted by Crippen LogP contribution is 2.20. The molecule has 6 heteroatoms. The molecule has 1 aliphatic rings. The highest BCUT2D eigenvalue weighted by atomic mass is 32.2. The number of ether oxygens (including phenoxy) is 1. The molecule has 0 radical (unpaired) electrons. The first-order valence-corrected chi connectivity index (χ1v) is 7.58. The Hall–Kier alpha value is -1.01. The summed E-state index contributed by atoms with van der Waals surface area (Å²) in [5.41, 5.74) is 0. The zero-order valence-electron chi connectivity index (χ0n) is 11.0. The van der Waals surface area contributed by atoms with Crippen molar-refractivity contribution in [2.75, 3.05) is 31.3 Å². The third kappa shape index (κ3) is 6.11. The van der Waals surface area contributed by atoms with E-state index >= 15 is 0 Å². The Balaban J connectivity index is 2.34. The second kappa shape index (κ2) is 8.98. The lowest BCUT2D eigenvalue weighted by Gasteiger charge is -2.34. The predicted molar refractivity (Wildman–Crippen MR) is 75.3 cm³/mol. The van der Waals surface area contributed by atoms with Crippen LogP contribution in [-0.2, 0) is 14.3 Å². The average Bonchev–Trinajstić information content (AvgIpc) is 2.38. The molecule has 1 rings (SSSR count). The van der Waals surface area contributed by atoms with Crippen LogP contribution in [0.15, 0.2) is 12.7 Å². The van der Waals surface area contributed by atoms with Crippen LogP contribution in [0.1, 0.15) is 19.3 Å². The minimum Gasteiger partial charge on any atom is -0.481 e. The van der Waals surface area contributed by atoms with Crippen molar-refractivity contribution in [1.29, 1.82) is 0 Å².